The number of hydrogen-bond acceptors (Lipinski definition) is 6. The molecule has 6 heteroatoms. The summed E-state index contributed by atoms with van der Waals surface area (Å²) in [5.74, 6) is 1.76. The van der Waals surface area contributed by atoms with E-state index in [4.69, 9.17) is 18.6 Å². The molecule has 0 fully saturated rings. The zero-order valence-electron chi connectivity index (χ0n) is 14.9. The Morgan fingerprint density at radius 1 is 1.04 bits per heavy atom. The molecule has 2 aromatic carbocycles. The summed E-state index contributed by atoms with van der Waals surface area (Å²) < 4.78 is 22.4. The second kappa shape index (κ2) is 8.19. The van der Waals surface area contributed by atoms with E-state index in [0.29, 0.717) is 40.4 Å². The summed E-state index contributed by atoms with van der Waals surface area (Å²) >= 11 is 1.68. The monoisotopic (exact) mass is 372 g/mol. The Bertz CT molecular complexity index is 901. The van der Waals surface area contributed by atoms with Crippen LogP contribution in [0, 0.1) is 0 Å². The van der Waals surface area contributed by atoms with Gasteiger partial charge >= 0.3 is 0 Å². The predicted octanol–water partition coefficient (Wildman–Crippen LogP) is 4.82. The number of ketones is 1. The van der Waals surface area contributed by atoms with E-state index in [-0.39, 0.29) is 5.78 Å². The number of Topliss-reactive ketones (excluding diaryl/α,β-unsaturated/α-hetero) is 1. The van der Waals surface area contributed by atoms with Crippen LogP contribution in [0.2, 0.25) is 0 Å². The van der Waals surface area contributed by atoms with Crippen LogP contribution in [0.5, 0.6) is 17.2 Å². The summed E-state index contributed by atoms with van der Waals surface area (Å²) in [4.78, 5) is 13.4. The third-order valence-electron chi connectivity index (χ3n) is 3.88. The minimum Gasteiger partial charge on any atom is -0.495 e. The summed E-state index contributed by atoms with van der Waals surface area (Å²) in [5.41, 5.74) is 0.864. The van der Waals surface area contributed by atoms with Crippen LogP contribution in [0.4, 0.5) is 0 Å². The molecule has 0 atom stereocenters. The van der Waals surface area contributed by atoms with E-state index in [1.54, 1.807) is 17.8 Å². The van der Waals surface area contributed by atoms with Gasteiger partial charge in [0.25, 0.3) is 0 Å². The molecule has 26 heavy (non-hydrogen) atoms. The quantitative estimate of drug-likeness (QED) is 0.321. The summed E-state index contributed by atoms with van der Waals surface area (Å²) in [7, 11) is 3.05. The molecule has 0 saturated carbocycles. The summed E-state index contributed by atoms with van der Waals surface area (Å²) in [5, 5.41) is 0.681. The van der Waals surface area contributed by atoms with Gasteiger partial charge in [0.05, 0.1) is 32.5 Å². The highest BCUT2D eigenvalue weighted by molar-refractivity contribution is 7.99. The second-order valence-corrected chi connectivity index (χ2v) is 6.67. The van der Waals surface area contributed by atoms with Crippen LogP contribution >= 0.6 is 11.8 Å². The van der Waals surface area contributed by atoms with Crippen LogP contribution in [-0.2, 0) is 0 Å². The Hall–Kier alpha value is -2.60. The lowest BCUT2D eigenvalue weighted by Crippen LogP contribution is -2.08. The van der Waals surface area contributed by atoms with Gasteiger partial charge in [-0.3, -0.25) is 4.79 Å². The number of furan rings is 1. The summed E-state index contributed by atoms with van der Waals surface area (Å²) in [6.45, 7) is 1.89. The minimum atomic E-state index is -0.158. The lowest BCUT2D eigenvalue weighted by Gasteiger charge is -2.17. The van der Waals surface area contributed by atoms with Crippen molar-refractivity contribution in [2.75, 3.05) is 26.6 Å². The van der Waals surface area contributed by atoms with E-state index in [9.17, 15) is 4.79 Å². The van der Waals surface area contributed by atoms with Crippen molar-refractivity contribution in [2.24, 2.45) is 0 Å². The molecule has 3 rings (SSSR count). The molecule has 0 spiro atoms. The summed E-state index contributed by atoms with van der Waals surface area (Å²) in [6, 6.07) is 11.8. The van der Waals surface area contributed by atoms with Gasteiger partial charge in [0.2, 0.25) is 5.75 Å². The molecule has 0 aliphatic heterocycles. The fourth-order valence-corrected chi connectivity index (χ4v) is 3.55. The standard InChI is InChI=1S/C20H20O5S/c1-13(21)16-17(22-2)15-9-10-24-18(15)20(23-3)19(16)25-11-12-26-14-7-5-4-6-8-14/h4-10H,11-12H2,1-3H3. The molecule has 0 radical (unpaired) electrons. The Kier molecular flexibility index (Phi) is 5.73. The van der Waals surface area contributed by atoms with Crippen molar-refractivity contribution in [3.8, 4) is 17.2 Å². The van der Waals surface area contributed by atoms with E-state index >= 15 is 0 Å². The van der Waals surface area contributed by atoms with Gasteiger partial charge in [-0.15, -0.1) is 11.8 Å². The Labute approximate surface area is 156 Å². The molecule has 0 N–H and O–H groups in total. The zero-order chi connectivity index (χ0) is 18.5. The average molecular weight is 372 g/mol. The normalized spacial score (nSPS) is 10.7. The first-order chi connectivity index (χ1) is 12.7. The van der Waals surface area contributed by atoms with Gasteiger partial charge in [-0.25, -0.2) is 0 Å². The zero-order valence-corrected chi connectivity index (χ0v) is 15.7. The number of methoxy groups -OCH3 is 2. The van der Waals surface area contributed by atoms with Gasteiger partial charge in [0.15, 0.2) is 17.1 Å². The number of fused-ring (bicyclic) bond motifs is 1. The summed E-state index contributed by atoms with van der Waals surface area (Å²) in [6.07, 6.45) is 1.54. The van der Waals surface area contributed by atoms with E-state index in [1.165, 1.54) is 27.4 Å². The Morgan fingerprint density at radius 2 is 1.77 bits per heavy atom. The first-order valence-electron chi connectivity index (χ1n) is 8.14. The van der Waals surface area contributed by atoms with Gasteiger partial charge in [-0.2, -0.15) is 0 Å². The van der Waals surface area contributed by atoms with Gasteiger partial charge in [-0.1, -0.05) is 18.2 Å². The van der Waals surface area contributed by atoms with Crippen LogP contribution in [0.3, 0.4) is 0 Å². The number of benzene rings is 2. The fourth-order valence-electron chi connectivity index (χ4n) is 2.79. The molecule has 1 aromatic heterocycles. The van der Waals surface area contributed by atoms with Crippen molar-refractivity contribution in [1.82, 2.24) is 0 Å². The van der Waals surface area contributed by atoms with Gasteiger partial charge in [0, 0.05) is 10.6 Å². The minimum absolute atomic E-state index is 0.158. The van der Waals surface area contributed by atoms with Gasteiger partial charge < -0.3 is 18.6 Å². The van der Waals surface area contributed by atoms with Crippen LogP contribution < -0.4 is 14.2 Å². The number of thioether (sulfide) groups is 1. The van der Waals surface area contributed by atoms with E-state index < -0.39 is 0 Å². The number of ether oxygens (including phenoxy) is 3. The Balaban J connectivity index is 1.90. The smallest absolute Gasteiger partial charge is 0.205 e. The molecule has 1 heterocycles. The van der Waals surface area contributed by atoms with Crippen molar-refractivity contribution < 1.29 is 23.4 Å². The number of carbonyl (C=O) groups is 1. The molecule has 3 aromatic rings. The Morgan fingerprint density at radius 3 is 2.42 bits per heavy atom. The largest absolute Gasteiger partial charge is 0.495 e. The fraction of sp³-hybridized carbons (Fsp3) is 0.250. The number of hydrogen-bond donors (Lipinski definition) is 0. The molecular weight excluding hydrogens is 352 g/mol. The highest BCUT2D eigenvalue weighted by atomic mass is 32.2. The van der Waals surface area contributed by atoms with Crippen LogP contribution in [0.15, 0.2) is 52.0 Å². The lowest BCUT2D eigenvalue weighted by molar-refractivity contribution is 0.101. The molecule has 0 bridgehead atoms. The first-order valence-corrected chi connectivity index (χ1v) is 9.12. The molecular formula is C20H20O5S. The maximum atomic E-state index is 12.3. The molecule has 0 aliphatic rings. The third-order valence-corrected chi connectivity index (χ3v) is 4.85. The third kappa shape index (κ3) is 3.51. The molecule has 136 valence electrons. The van der Waals surface area contributed by atoms with Crippen molar-refractivity contribution in [1.29, 1.82) is 0 Å². The van der Waals surface area contributed by atoms with Crippen molar-refractivity contribution in [3.63, 3.8) is 0 Å². The van der Waals surface area contributed by atoms with E-state index in [1.807, 2.05) is 30.3 Å². The molecule has 0 saturated heterocycles. The lowest BCUT2D eigenvalue weighted by atomic mass is 10.0. The molecule has 0 unspecified atom stereocenters. The maximum Gasteiger partial charge on any atom is 0.205 e. The van der Waals surface area contributed by atoms with Crippen LogP contribution in [0.25, 0.3) is 11.0 Å². The molecule has 5 nitrogen and oxygen atoms in total. The average Bonchev–Trinajstić information content (AvgIpc) is 3.13. The topological polar surface area (TPSA) is 57.9 Å². The van der Waals surface area contributed by atoms with Crippen molar-refractivity contribution in [3.05, 3.63) is 48.2 Å². The maximum absolute atomic E-state index is 12.3. The SMILES string of the molecule is COc1c(C(C)=O)c(OCCSc2ccccc2)c(OC)c2occc12. The highest BCUT2D eigenvalue weighted by Gasteiger charge is 2.27. The van der Waals surface area contributed by atoms with Crippen molar-refractivity contribution >= 4 is 28.5 Å². The predicted molar refractivity (Wildman–Crippen MR) is 102 cm³/mol. The van der Waals surface area contributed by atoms with E-state index in [2.05, 4.69) is 0 Å². The van der Waals surface area contributed by atoms with Gasteiger partial charge in [-0.05, 0) is 25.1 Å². The second-order valence-electron chi connectivity index (χ2n) is 5.50. The van der Waals surface area contributed by atoms with Crippen LogP contribution in [0.1, 0.15) is 17.3 Å². The number of carbonyl (C=O) groups excluding carboxylic acids is 1. The first kappa shape index (κ1) is 18.2. The van der Waals surface area contributed by atoms with E-state index in [0.717, 1.165) is 10.6 Å². The highest BCUT2D eigenvalue weighted by Crippen LogP contribution is 2.46. The van der Waals surface area contributed by atoms with Crippen molar-refractivity contribution in [2.45, 2.75) is 11.8 Å². The molecule has 0 amide bonds. The molecule has 0 aliphatic carbocycles. The van der Waals surface area contributed by atoms with Gasteiger partial charge in [0.1, 0.15) is 11.3 Å². The number of rotatable bonds is 8. The van der Waals surface area contributed by atoms with Crippen LogP contribution in [-0.4, -0.2) is 32.4 Å².